The van der Waals surface area contributed by atoms with E-state index in [1.165, 1.54) is 5.56 Å². The van der Waals surface area contributed by atoms with Crippen LogP contribution in [0.25, 0.3) is 0 Å². The van der Waals surface area contributed by atoms with Gasteiger partial charge in [-0.3, -0.25) is 4.79 Å². The molecule has 0 bridgehead atoms. The molecule has 0 unspecified atom stereocenters. The largest absolute Gasteiger partial charge is 0.466 e. The SMILES string of the molecule is Cc1cc(CNC(=O)CCCc2ccccc2)c(C)o1. The van der Waals surface area contributed by atoms with Crippen molar-refractivity contribution in [3.05, 3.63) is 59.0 Å². The fourth-order valence-corrected chi connectivity index (χ4v) is 2.24. The molecule has 0 aliphatic heterocycles. The molecule has 20 heavy (non-hydrogen) atoms. The Hall–Kier alpha value is -2.03. The lowest BCUT2D eigenvalue weighted by Crippen LogP contribution is -2.22. The van der Waals surface area contributed by atoms with Crippen LogP contribution in [0.4, 0.5) is 0 Å². The zero-order chi connectivity index (χ0) is 14.4. The number of aryl methyl sites for hydroxylation is 3. The number of hydrogen-bond acceptors (Lipinski definition) is 2. The molecule has 2 aromatic rings. The summed E-state index contributed by atoms with van der Waals surface area (Å²) in [5, 5.41) is 2.94. The zero-order valence-electron chi connectivity index (χ0n) is 12.1. The molecular weight excluding hydrogens is 250 g/mol. The van der Waals surface area contributed by atoms with E-state index < -0.39 is 0 Å². The summed E-state index contributed by atoms with van der Waals surface area (Å²) in [6.07, 6.45) is 2.38. The number of nitrogens with one attached hydrogen (secondary N) is 1. The van der Waals surface area contributed by atoms with Crippen molar-refractivity contribution in [2.45, 2.75) is 39.7 Å². The number of carbonyl (C=O) groups excluding carboxylic acids is 1. The van der Waals surface area contributed by atoms with Crippen molar-refractivity contribution in [2.24, 2.45) is 0 Å². The molecule has 0 spiro atoms. The quantitative estimate of drug-likeness (QED) is 0.873. The highest BCUT2D eigenvalue weighted by Crippen LogP contribution is 2.13. The summed E-state index contributed by atoms with van der Waals surface area (Å²) in [5.74, 6) is 1.86. The highest BCUT2D eigenvalue weighted by molar-refractivity contribution is 5.75. The van der Waals surface area contributed by atoms with E-state index in [-0.39, 0.29) is 5.91 Å². The number of benzene rings is 1. The van der Waals surface area contributed by atoms with Crippen LogP contribution < -0.4 is 5.32 Å². The van der Waals surface area contributed by atoms with E-state index in [1.54, 1.807) is 0 Å². The van der Waals surface area contributed by atoms with Crippen LogP contribution >= 0.6 is 0 Å². The monoisotopic (exact) mass is 271 g/mol. The van der Waals surface area contributed by atoms with Gasteiger partial charge in [0.05, 0.1) is 0 Å². The van der Waals surface area contributed by atoms with Gasteiger partial charge in [0, 0.05) is 18.5 Å². The first kappa shape index (κ1) is 14.4. The smallest absolute Gasteiger partial charge is 0.220 e. The Kier molecular flexibility index (Phi) is 4.99. The average Bonchev–Trinajstić information content (AvgIpc) is 2.76. The average molecular weight is 271 g/mol. The van der Waals surface area contributed by atoms with E-state index in [2.05, 4.69) is 17.4 Å². The van der Waals surface area contributed by atoms with Crippen molar-refractivity contribution in [1.82, 2.24) is 5.32 Å². The Bertz CT molecular complexity index is 558. The first-order valence-electron chi connectivity index (χ1n) is 7.01. The maximum absolute atomic E-state index is 11.8. The van der Waals surface area contributed by atoms with Gasteiger partial charge in [0.2, 0.25) is 5.91 Å². The van der Waals surface area contributed by atoms with Gasteiger partial charge in [-0.1, -0.05) is 30.3 Å². The Labute approximate surface area is 120 Å². The van der Waals surface area contributed by atoms with Crippen LogP contribution in [0, 0.1) is 13.8 Å². The normalized spacial score (nSPS) is 10.5. The van der Waals surface area contributed by atoms with Crippen LogP contribution in [0.1, 0.15) is 35.5 Å². The van der Waals surface area contributed by atoms with Gasteiger partial charge >= 0.3 is 0 Å². The predicted molar refractivity (Wildman–Crippen MR) is 79.4 cm³/mol. The summed E-state index contributed by atoms with van der Waals surface area (Å²) in [5.41, 5.74) is 2.33. The molecular formula is C17H21NO2. The maximum Gasteiger partial charge on any atom is 0.220 e. The Balaban J connectivity index is 1.69. The van der Waals surface area contributed by atoms with Gasteiger partial charge in [-0.05, 0) is 38.3 Å². The van der Waals surface area contributed by atoms with Gasteiger partial charge in [-0.15, -0.1) is 0 Å². The molecule has 0 saturated heterocycles. The van der Waals surface area contributed by atoms with Crippen LogP contribution in [0.5, 0.6) is 0 Å². The molecule has 0 atom stereocenters. The zero-order valence-corrected chi connectivity index (χ0v) is 12.1. The third-order valence-electron chi connectivity index (χ3n) is 3.33. The summed E-state index contributed by atoms with van der Waals surface area (Å²) in [7, 11) is 0. The van der Waals surface area contributed by atoms with E-state index >= 15 is 0 Å². The number of amides is 1. The van der Waals surface area contributed by atoms with Crippen molar-refractivity contribution in [2.75, 3.05) is 0 Å². The highest BCUT2D eigenvalue weighted by atomic mass is 16.3. The lowest BCUT2D eigenvalue weighted by Gasteiger charge is -2.04. The van der Waals surface area contributed by atoms with Gasteiger partial charge in [-0.25, -0.2) is 0 Å². The standard InChI is InChI=1S/C17H21NO2/c1-13-11-16(14(2)20-13)12-18-17(19)10-6-9-15-7-4-3-5-8-15/h3-5,7-8,11H,6,9-10,12H2,1-2H3,(H,18,19). The number of carbonyl (C=O) groups is 1. The van der Waals surface area contributed by atoms with E-state index in [9.17, 15) is 4.79 Å². The molecule has 2 rings (SSSR count). The van der Waals surface area contributed by atoms with E-state index in [4.69, 9.17) is 4.42 Å². The Morgan fingerprint density at radius 3 is 2.60 bits per heavy atom. The molecule has 0 aliphatic carbocycles. The molecule has 1 N–H and O–H groups in total. The number of furan rings is 1. The molecule has 1 aromatic heterocycles. The maximum atomic E-state index is 11.8. The first-order valence-corrected chi connectivity index (χ1v) is 7.01. The lowest BCUT2D eigenvalue weighted by molar-refractivity contribution is -0.121. The van der Waals surface area contributed by atoms with Gasteiger partial charge in [0.15, 0.2) is 0 Å². The van der Waals surface area contributed by atoms with Crippen molar-refractivity contribution in [1.29, 1.82) is 0 Å². The predicted octanol–water partition coefficient (Wildman–Crippen LogP) is 3.54. The Morgan fingerprint density at radius 2 is 1.95 bits per heavy atom. The van der Waals surface area contributed by atoms with Crippen molar-refractivity contribution in [3.63, 3.8) is 0 Å². The first-order chi connectivity index (χ1) is 9.65. The number of rotatable bonds is 6. The minimum Gasteiger partial charge on any atom is -0.466 e. The lowest BCUT2D eigenvalue weighted by atomic mass is 10.1. The molecule has 0 aliphatic rings. The van der Waals surface area contributed by atoms with Gasteiger partial charge in [0.1, 0.15) is 11.5 Å². The molecule has 1 amide bonds. The van der Waals surface area contributed by atoms with Crippen LogP contribution in [0.15, 0.2) is 40.8 Å². The fraction of sp³-hybridized carbons (Fsp3) is 0.353. The summed E-state index contributed by atoms with van der Waals surface area (Å²) < 4.78 is 5.43. The molecule has 3 nitrogen and oxygen atoms in total. The summed E-state index contributed by atoms with van der Waals surface area (Å²) in [4.78, 5) is 11.8. The second kappa shape index (κ2) is 6.94. The second-order valence-electron chi connectivity index (χ2n) is 5.05. The van der Waals surface area contributed by atoms with Crippen LogP contribution in [0.3, 0.4) is 0 Å². The summed E-state index contributed by atoms with van der Waals surface area (Å²) >= 11 is 0. The minimum absolute atomic E-state index is 0.0965. The van der Waals surface area contributed by atoms with Crippen LogP contribution in [0.2, 0.25) is 0 Å². The topological polar surface area (TPSA) is 42.2 Å². The van der Waals surface area contributed by atoms with Gasteiger partial charge < -0.3 is 9.73 Å². The van der Waals surface area contributed by atoms with Crippen molar-refractivity contribution >= 4 is 5.91 Å². The van der Waals surface area contributed by atoms with Crippen molar-refractivity contribution < 1.29 is 9.21 Å². The summed E-state index contributed by atoms with van der Waals surface area (Å²) in [6, 6.07) is 12.2. The Morgan fingerprint density at radius 1 is 1.20 bits per heavy atom. The second-order valence-corrected chi connectivity index (χ2v) is 5.05. The number of hydrogen-bond donors (Lipinski definition) is 1. The molecule has 1 aromatic carbocycles. The van der Waals surface area contributed by atoms with Gasteiger partial charge in [-0.2, -0.15) is 0 Å². The van der Waals surface area contributed by atoms with Gasteiger partial charge in [0.25, 0.3) is 0 Å². The molecule has 106 valence electrons. The molecule has 0 fully saturated rings. The molecule has 1 heterocycles. The van der Waals surface area contributed by atoms with Crippen LogP contribution in [-0.2, 0) is 17.8 Å². The summed E-state index contributed by atoms with van der Waals surface area (Å²) in [6.45, 7) is 4.38. The van der Waals surface area contributed by atoms with E-state index in [1.807, 2.05) is 38.1 Å². The van der Waals surface area contributed by atoms with E-state index in [0.29, 0.717) is 13.0 Å². The van der Waals surface area contributed by atoms with E-state index in [0.717, 1.165) is 29.9 Å². The third kappa shape index (κ3) is 4.26. The third-order valence-corrected chi connectivity index (χ3v) is 3.33. The minimum atomic E-state index is 0.0965. The van der Waals surface area contributed by atoms with Crippen LogP contribution in [-0.4, -0.2) is 5.91 Å². The highest BCUT2D eigenvalue weighted by Gasteiger charge is 2.06. The fourth-order valence-electron chi connectivity index (χ4n) is 2.24. The van der Waals surface area contributed by atoms with Crippen molar-refractivity contribution in [3.8, 4) is 0 Å². The molecule has 3 heteroatoms. The molecule has 0 saturated carbocycles. The molecule has 0 radical (unpaired) electrons.